The first-order valence-corrected chi connectivity index (χ1v) is 9.47. The number of hydrogen-bond donors (Lipinski definition) is 2. The van der Waals surface area contributed by atoms with E-state index in [-0.39, 0.29) is 5.82 Å². The van der Waals surface area contributed by atoms with E-state index in [2.05, 4.69) is 25.5 Å². The lowest BCUT2D eigenvalue weighted by molar-refractivity contribution is 0.628. The molecule has 130 valence electrons. The summed E-state index contributed by atoms with van der Waals surface area (Å²) in [6, 6.07) is 13.8. The minimum atomic E-state index is -0.305. The maximum absolute atomic E-state index is 13.2. The fraction of sp³-hybridized carbons (Fsp3) is 0.0588. The van der Waals surface area contributed by atoms with Crippen LogP contribution in [0.1, 0.15) is 5.82 Å². The van der Waals surface area contributed by atoms with Crippen LogP contribution in [-0.2, 0) is 5.75 Å². The monoisotopic (exact) mass is 384 g/mol. The van der Waals surface area contributed by atoms with Gasteiger partial charge in [-0.25, -0.2) is 14.4 Å². The Kier molecular flexibility index (Phi) is 4.63. The third-order valence-corrected chi connectivity index (χ3v) is 5.45. The summed E-state index contributed by atoms with van der Waals surface area (Å²) in [5.74, 6) is 1.34. The largest absolute Gasteiger partial charge is 0.383 e. The molecule has 0 saturated heterocycles. The Hall–Kier alpha value is -2.78. The molecule has 3 N–H and O–H groups in total. The number of aromatic nitrogens is 4. The number of halogens is 1. The standard InChI is InChI=1S/C17H13FN6S2/c18-10-4-3-5-11(8-10)20-16-23-24-17(26-16)25-9-14-21-13-7-2-1-6-12(13)15(19)22-14/h1-8H,9H2,(H,20,23)(H2,19,21,22). The van der Waals surface area contributed by atoms with Crippen LogP contribution in [0.15, 0.2) is 52.9 Å². The summed E-state index contributed by atoms with van der Waals surface area (Å²) in [7, 11) is 0. The van der Waals surface area contributed by atoms with Crippen molar-refractivity contribution in [1.82, 2.24) is 20.2 Å². The zero-order valence-electron chi connectivity index (χ0n) is 13.4. The molecule has 0 saturated carbocycles. The molecule has 0 aliphatic heterocycles. The highest BCUT2D eigenvalue weighted by Gasteiger charge is 2.09. The van der Waals surface area contributed by atoms with Crippen molar-refractivity contribution in [2.75, 3.05) is 11.1 Å². The zero-order valence-corrected chi connectivity index (χ0v) is 15.0. The van der Waals surface area contributed by atoms with Crippen molar-refractivity contribution >= 4 is 50.6 Å². The van der Waals surface area contributed by atoms with Gasteiger partial charge in [0.2, 0.25) is 5.13 Å². The second kappa shape index (κ2) is 7.22. The SMILES string of the molecule is Nc1nc(CSc2nnc(Nc3cccc(F)c3)s2)nc2ccccc12. The molecule has 0 unspecified atom stereocenters. The molecule has 0 aliphatic rings. The van der Waals surface area contributed by atoms with E-state index < -0.39 is 0 Å². The number of para-hydroxylation sites is 1. The number of nitrogens with two attached hydrogens (primary N) is 1. The molecule has 2 aromatic carbocycles. The second-order valence-electron chi connectivity index (χ2n) is 5.34. The van der Waals surface area contributed by atoms with E-state index in [0.29, 0.717) is 28.2 Å². The number of nitrogens with one attached hydrogen (secondary N) is 1. The third kappa shape index (κ3) is 3.73. The first-order chi connectivity index (χ1) is 12.7. The first-order valence-electron chi connectivity index (χ1n) is 7.67. The lowest BCUT2D eigenvalue weighted by Crippen LogP contribution is -1.99. The van der Waals surface area contributed by atoms with Crippen LogP contribution in [0.4, 0.5) is 21.0 Å². The van der Waals surface area contributed by atoms with Crippen LogP contribution >= 0.6 is 23.1 Å². The van der Waals surface area contributed by atoms with E-state index in [9.17, 15) is 4.39 Å². The van der Waals surface area contributed by atoms with Gasteiger partial charge in [0.25, 0.3) is 0 Å². The molecule has 2 heterocycles. The lowest BCUT2D eigenvalue weighted by Gasteiger charge is -2.04. The molecule has 0 bridgehead atoms. The van der Waals surface area contributed by atoms with Gasteiger partial charge in [-0.05, 0) is 30.3 Å². The molecule has 0 aliphatic carbocycles. The van der Waals surface area contributed by atoms with E-state index in [4.69, 9.17) is 5.73 Å². The predicted molar refractivity (Wildman–Crippen MR) is 103 cm³/mol. The van der Waals surface area contributed by atoms with Gasteiger partial charge in [-0.3, -0.25) is 0 Å². The first kappa shape index (κ1) is 16.7. The van der Waals surface area contributed by atoms with E-state index in [1.54, 1.807) is 12.1 Å². The van der Waals surface area contributed by atoms with Crippen molar-refractivity contribution in [1.29, 1.82) is 0 Å². The summed E-state index contributed by atoms with van der Waals surface area (Å²) in [6.45, 7) is 0. The molecule has 0 fully saturated rings. The van der Waals surface area contributed by atoms with Gasteiger partial charge in [0, 0.05) is 11.1 Å². The number of rotatable bonds is 5. The lowest BCUT2D eigenvalue weighted by atomic mass is 10.2. The minimum absolute atomic E-state index is 0.305. The zero-order chi connectivity index (χ0) is 17.9. The topological polar surface area (TPSA) is 89.6 Å². The highest BCUT2D eigenvalue weighted by molar-refractivity contribution is 8.00. The quantitative estimate of drug-likeness (QED) is 0.497. The highest BCUT2D eigenvalue weighted by atomic mass is 32.2. The van der Waals surface area contributed by atoms with Crippen molar-refractivity contribution in [3.8, 4) is 0 Å². The third-order valence-electron chi connectivity index (χ3n) is 3.49. The normalized spacial score (nSPS) is 11.0. The maximum atomic E-state index is 13.2. The number of nitrogens with zero attached hydrogens (tertiary/aromatic N) is 4. The van der Waals surface area contributed by atoms with Crippen LogP contribution in [0.25, 0.3) is 10.9 Å². The van der Waals surface area contributed by atoms with E-state index in [0.717, 1.165) is 15.2 Å². The maximum Gasteiger partial charge on any atom is 0.210 e. The summed E-state index contributed by atoms with van der Waals surface area (Å²) in [4.78, 5) is 8.87. The number of hydrogen-bond acceptors (Lipinski definition) is 8. The summed E-state index contributed by atoms with van der Waals surface area (Å²) < 4.78 is 14.0. The Morgan fingerprint density at radius 2 is 1.96 bits per heavy atom. The van der Waals surface area contributed by atoms with Crippen molar-refractivity contribution in [3.05, 3.63) is 60.2 Å². The van der Waals surface area contributed by atoms with Gasteiger partial charge >= 0.3 is 0 Å². The van der Waals surface area contributed by atoms with Crippen molar-refractivity contribution < 1.29 is 4.39 Å². The number of nitrogen functional groups attached to an aromatic ring is 1. The molecule has 6 nitrogen and oxygen atoms in total. The Labute approximate surface area is 156 Å². The van der Waals surface area contributed by atoms with Crippen molar-refractivity contribution in [3.63, 3.8) is 0 Å². The van der Waals surface area contributed by atoms with Crippen LogP contribution in [-0.4, -0.2) is 20.2 Å². The summed E-state index contributed by atoms with van der Waals surface area (Å²) in [6.07, 6.45) is 0. The van der Waals surface area contributed by atoms with E-state index in [1.807, 2.05) is 24.3 Å². The van der Waals surface area contributed by atoms with Crippen LogP contribution in [0.3, 0.4) is 0 Å². The van der Waals surface area contributed by atoms with Crippen LogP contribution < -0.4 is 11.1 Å². The predicted octanol–water partition coefficient (Wildman–Crippen LogP) is 4.24. The fourth-order valence-corrected chi connectivity index (χ4v) is 3.98. The molecule has 2 aromatic heterocycles. The van der Waals surface area contributed by atoms with Gasteiger partial charge in [-0.2, -0.15) is 0 Å². The Morgan fingerprint density at radius 3 is 2.85 bits per heavy atom. The number of thioether (sulfide) groups is 1. The molecule has 0 amide bonds. The van der Waals surface area contributed by atoms with Gasteiger partial charge in [0.05, 0.1) is 11.3 Å². The average Bonchev–Trinajstić information content (AvgIpc) is 3.07. The van der Waals surface area contributed by atoms with Gasteiger partial charge in [-0.1, -0.05) is 41.3 Å². The summed E-state index contributed by atoms with van der Waals surface area (Å²) >= 11 is 2.86. The molecule has 4 rings (SSSR count). The van der Waals surface area contributed by atoms with E-state index in [1.165, 1.54) is 35.2 Å². The van der Waals surface area contributed by atoms with Gasteiger partial charge in [0.15, 0.2) is 4.34 Å². The van der Waals surface area contributed by atoms with Gasteiger partial charge in [-0.15, -0.1) is 10.2 Å². The number of fused-ring (bicyclic) bond motifs is 1. The van der Waals surface area contributed by atoms with Crippen molar-refractivity contribution in [2.24, 2.45) is 0 Å². The molecule has 0 spiro atoms. The minimum Gasteiger partial charge on any atom is -0.383 e. The summed E-state index contributed by atoms with van der Waals surface area (Å²) in [5.41, 5.74) is 7.45. The molecule has 0 atom stereocenters. The molecule has 26 heavy (non-hydrogen) atoms. The van der Waals surface area contributed by atoms with E-state index >= 15 is 0 Å². The number of anilines is 3. The fourth-order valence-electron chi connectivity index (χ4n) is 2.35. The Balaban J connectivity index is 1.45. The Bertz CT molecular complexity index is 1070. The van der Waals surface area contributed by atoms with Gasteiger partial charge < -0.3 is 11.1 Å². The smallest absolute Gasteiger partial charge is 0.210 e. The van der Waals surface area contributed by atoms with Crippen LogP contribution in [0.5, 0.6) is 0 Å². The molecular weight excluding hydrogens is 371 g/mol. The number of benzene rings is 2. The molecule has 4 aromatic rings. The van der Waals surface area contributed by atoms with Crippen molar-refractivity contribution in [2.45, 2.75) is 10.1 Å². The Morgan fingerprint density at radius 1 is 1.08 bits per heavy atom. The second-order valence-corrected chi connectivity index (χ2v) is 7.54. The summed E-state index contributed by atoms with van der Waals surface area (Å²) in [5, 5.41) is 12.7. The van der Waals surface area contributed by atoms with Gasteiger partial charge in [0.1, 0.15) is 17.5 Å². The molecule has 9 heteroatoms. The highest BCUT2D eigenvalue weighted by Crippen LogP contribution is 2.30. The average molecular weight is 384 g/mol. The molecular formula is C17H13FN6S2. The van der Waals surface area contributed by atoms with Crippen LogP contribution in [0.2, 0.25) is 0 Å². The molecule has 0 radical (unpaired) electrons. The van der Waals surface area contributed by atoms with Crippen LogP contribution in [0, 0.1) is 5.82 Å².